The van der Waals surface area contributed by atoms with Crippen molar-refractivity contribution in [3.63, 3.8) is 0 Å². The lowest BCUT2D eigenvalue weighted by atomic mass is 9.73. The van der Waals surface area contributed by atoms with Crippen LogP contribution in [-0.4, -0.2) is 37.6 Å². The second kappa shape index (κ2) is 3.35. The fourth-order valence-corrected chi connectivity index (χ4v) is 2.27. The zero-order valence-electron chi connectivity index (χ0n) is 9.02. The average Bonchev–Trinajstić information content (AvgIpc) is 2.01. The smallest absolute Gasteiger partial charge is 0.0142 e. The zero-order chi connectivity index (χ0) is 9.35. The topological polar surface area (TPSA) is 15.3 Å². The van der Waals surface area contributed by atoms with Gasteiger partial charge in [-0.25, -0.2) is 0 Å². The van der Waals surface area contributed by atoms with Gasteiger partial charge in [-0.05, 0) is 39.4 Å². The maximum absolute atomic E-state index is 3.42. The standard InChI is InChI=1S/C10H22N2/c1-8-10(2,3)9(11-4)6-7-12(8)5/h8-9,11H,6-7H2,1-5H3. The maximum atomic E-state index is 3.42. The first kappa shape index (κ1) is 10.0. The van der Waals surface area contributed by atoms with Crippen LogP contribution < -0.4 is 5.32 Å². The molecule has 1 rings (SSSR count). The molecule has 72 valence electrons. The number of hydrogen-bond donors (Lipinski definition) is 1. The minimum atomic E-state index is 0.391. The van der Waals surface area contributed by atoms with Crippen molar-refractivity contribution in [2.45, 2.75) is 39.3 Å². The minimum Gasteiger partial charge on any atom is -0.316 e. The van der Waals surface area contributed by atoms with Crippen LogP contribution in [0.3, 0.4) is 0 Å². The van der Waals surface area contributed by atoms with E-state index in [1.54, 1.807) is 0 Å². The zero-order valence-corrected chi connectivity index (χ0v) is 9.02. The summed E-state index contributed by atoms with van der Waals surface area (Å²) in [5, 5.41) is 3.42. The largest absolute Gasteiger partial charge is 0.316 e. The fourth-order valence-electron chi connectivity index (χ4n) is 2.27. The second-order valence-electron chi connectivity index (χ2n) is 4.61. The van der Waals surface area contributed by atoms with Crippen molar-refractivity contribution in [2.75, 3.05) is 20.6 Å². The van der Waals surface area contributed by atoms with Crippen molar-refractivity contribution in [3.8, 4) is 0 Å². The highest BCUT2D eigenvalue weighted by Crippen LogP contribution is 2.33. The molecule has 2 unspecified atom stereocenters. The van der Waals surface area contributed by atoms with Gasteiger partial charge in [0.05, 0.1) is 0 Å². The summed E-state index contributed by atoms with van der Waals surface area (Å²) in [5.74, 6) is 0. The van der Waals surface area contributed by atoms with E-state index in [0.717, 1.165) is 0 Å². The molecule has 0 aromatic heterocycles. The molecule has 1 N–H and O–H groups in total. The lowest BCUT2D eigenvalue weighted by Gasteiger charge is -2.48. The van der Waals surface area contributed by atoms with Gasteiger partial charge in [-0.2, -0.15) is 0 Å². The lowest BCUT2D eigenvalue weighted by Crippen LogP contribution is -2.57. The van der Waals surface area contributed by atoms with Gasteiger partial charge in [-0.1, -0.05) is 13.8 Å². The van der Waals surface area contributed by atoms with Gasteiger partial charge < -0.3 is 10.2 Å². The third kappa shape index (κ3) is 1.50. The van der Waals surface area contributed by atoms with Crippen LogP contribution in [0.25, 0.3) is 0 Å². The third-order valence-electron chi connectivity index (χ3n) is 3.75. The van der Waals surface area contributed by atoms with E-state index in [9.17, 15) is 0 Å². The first-order chi connectivity index (χ1) is 5.50. The molecule has 0 aliphatic carbocycles. The van der Waals surface area contributed by atoms with Crippen molar-refractivity contribution in [1.29, 1.82) is 0 Å². The highest BCUT2D eigenvalue weighted by molar-refractivity contribution is 4.95. The predicted molar refractivity (Wildman–Crippen MR) is 53.3 cm³/mol. The van der Waals surface area contributed by atoms with E-state index in [0.29, 0.717) is 17.5 Å². The monoisotopic (exact) mass is 170 g/mol. The number of nitrogens with one attached hydrogen (secondary N) is 1. The quantitative estimate of drug-likeness (QED) is 0.638. The van der Waals surface area contributed by atoms with E-state index in [-0.39, 0.29) is 0 Å². The third-order valence-corrected chi connectivity index (χ3v) is 3.75. The summed E-state index contributed by atoms with van der Waals surface area (Å²) in [6, 6.07) is 1.34. The van der Waals surface area contributed by atoms with Crippen molar-refractivity contribution in [2.24, 2.45) is 5.41 Å². The Morgan fingerprint density at radius 1 is 1.42 bits per heavy atom. The van der Waals surface area contributed by atoms with Crippen molar-refractivity contribution in [3.05, 3.63) is 0 Å². The van der Waals surface area contributed by atoms with E-state index in [1.165, 1.54) is 13.0 Å². The minimum absolute atomic E-state index is 0.391. The molecule has 0 saturated carbocycles. The molecule has 1 aliphatic heterocycles. The van der Waals surface area contributed by atoms with E-state index in [1.807, 2.05) is 0 Å². The molecule has 2 atom stereocenters. The number of piperidine rings is 1. The molecule has 0 bridgehead atoms. The molecule has 2 heteroatoms. The molecule has 0 radical (unpaired) electrons. The van der Waals surface area contributed by atoms with Gasteiger partial charge in [0.15, 0.2) is 0 Å². The number of nitrogens with zero attached hydrogens (tertiary/aromatic N) is 1. The molecule has 2 nitrogen and oxygen atoms in total. The second-order valence-corrected chi connectivity index (χ2v) is 4.61. The molecule has 1 fully saturated rings. The highest BCUT2D eigenvalue weighted by atomic mass is 15.2. The fraction of sp³-hybridized carbons (Fsp3) is 1.00. The van der Waals surface area contributed by atoms with Crippen LogP contribution in [0, 0.1) is 5.41 Å². The number of hydrogen-bond acceptors (Lipinski definition) is 2. The van der Waals surface area contributed by atoms with Crippen molar-refractivity contribution < 1.29 is 0 Å². The molecular weight excluding hydrogens is 148 g/mol. The molecule has 0 spiro atoms. The Labute approximate surface area is 76.3 Å². The summed E-state index contributed by atoms with van der Waals surface area (Å²) in [6.45, 7) is 8.25. The highest BCUT2D eigenvalue weighted by Gasteiger charge is 2.39. The average molecular weight is 170 g/mol. The molecule has 1 aliphatic rings. The van der Waals surface area contributed by atoms with Gasteiger partial charge in [0.25, 0.3) is 0 Å². The van der Waals surface area contributed by atoms with E-state index >= 15 is 0 Å². The van der Waals surface area contributed by atoms with Crippen LogP contribution in [0.15, 0.2) is 0 Å². The van der Waals surface area contributed by atoms with Gasteiger partial charge in [0.2, 0.25) is 0 Å². The molecule has 1 heterocycles. The SMILES string of the molecule is CNC1CCN(C)C(C)C1(C)C. The summed E-state index contributed by atoms with van der Waals surface area (Å²) in [5.41, 5.74) is 0.391. The first-order valence-electron chi connectivity index (χ1n) is 4.87. The predicted octanol–water partition coefficient (Wildman–Crippen LogP) is 1.32. The van der Waals surface area contributed by atoms with E-state index in [2.05, 4.69) is 45.1 Å². The Bertz CT molecular complexity index is 150. The Kier molecular flexibility index (Phi) is 2.79. The number of likely N-dealkylation sites (tertiary alicyclic amines) is 1. The van der Waals surface area contributed by atoms with Gasteiger partial charge in [0, 0.05) is 12.1 Å². The van der Waals surface area contributed by atoms with E-state index in [4.69, 9.17) is 0 Å². The Morgan fingerprint density at radius 2 is 2.00 bits per heavy atom. The summed E-state index contributed by atoms with van der Waals surface area (Å²) in [4.78, 5) is 2.45. The van der Waals surface area contributed by atoms with Gasteiger partial charge in [-0.15, -0.1) is 0 Å². The maximum Gasteiger partial charge on any atom is 0.0142 e. The van der Waals surface area contributed by atoms with Crippen molar-refractivity contribution in [1.82, 2.24) is 10.2 Å². The molecular formula is C10H22N2. The molecule has 0 amide bonds. The molecule has 1 saturated heterocycles. The van der Waals surface area contributed by atoms with Crippen LogP contribution in [0.2, 0.25) is 0 Å². The van der Waals surface area contributed by atoms with Gasteiger partial charge in [-0.3, -0.25) is 0 Å². The Balaban J connectivity index is 2.73. The molecule has 12 heavy (non-hydrogen) atoms. The molecule has 0 aromatic rings. The van der Waals surface area contributed by atoms with Crippen LogP contribution in [0.5, 0.6) is 0 Å². The van der Waals surface area contributed by atoms with Gasteiger partial charge in [0.1, 0.15) is 0 Å². The Hall–Kier alpha value is -0.0800. The normalized spacial score (nSPS) is 36.8. The van der Waals surface area contributed by atoms with Crippen LogP contribution >= 0.6 is 0 Å². The van der Waals surface area contributed by atoms with Crippen molar-refractivity contribution >= 4 is 0 Å². The summed E-state index contributed by atoms with van der Waals surface area (Å²) < 4.78 is 0. The van der Waals surface area contributed by atoms with Crippen LogP contribution in [-0.2, 0) is 0 Å². The van der Waals surface area contributed by atoms with Gasteiger partial charge >= 0.3 is 0 Å². The molecule has 0 aromatic carbocycles. The van der Waals surface area contributed by atoms with Crippen LogP contribution in [0.1, 0.15) is 27.2 Å². The Morgan fingerprint density at radius 3 is 2.50 bits per heavy atom. The van der Waals surface area contributed by atoms with Crippen LogP contribution in [0.4, 0.5) is 0 Å². The first-order valence-corrected chi connectivity index (χ1v) is 4.87. The summed E-state index contributed by atoms with van der Waals surface area (Å²) in [7, 11) is 4.29. The number of rotatable bonds is 1. The summed E-state index contributed by atoms with van der Waals surface area (Å²) >= 11 is 0. The lowest BCUT2D eigenvalue weighted by molar-refractivity contribution is 0.0387. The summed E-state index contributed by atoms with van der Waals surface area (Å²) in [6.07, 6.45) is 1.27. The van der Waals surface area contributed by atoms with E-state index < -0.39 is 0 Å².